The van der Waals surface area contributed by atoms with Crippen molar-refractivity contribution in [2.24, 2.45) is 5.73 Å². The minimum atomic E-state index is -4.80. The van der Waals surface area contributed by atoms with E-state index in [1.807, 2.05) is 0 Å². The maximum Gasteiger partial charge on any atom is 0.418 e. The van der Waals surface area contributed by atoms with Crippen LogP contribution in [0.15, 0.2) is 18.5 Å². The number of benzene rings is 1. The number of halogens is 4. The summed E-state index contributed by atoms with van der Waals surface area (Å²) in [6.07, 6.45) is -2.47. The van der Waals surface area contributed by atoms with Crippen LogP contribution in [0.1, 0.15) is 34.9 Å². The van der Waals surface area contributed by atoms with E-state index in [2.05, 4.69) is 4.98 Å². The van der Waals surface area contributed by atoms with Crippen LogP contribution in [-0.2, 0) is 6.18 Å². The predicted molar refractivity (Wildman–Crippen MR) is 98.7 cm³/mol. The van der Waals surface area contributed by atoms with Gasteiger partial charge in [-0.3, -0.25) is 14.9 Å². The first-order chi connectivity index (χ1) is 13.5. The average molecular weight is 433 g/mol. The number of nitrogens with zero attached hydrogens (tertiary/aromatic N) is 4. The molecule has 0 unspecified atom stereocenters. The number of amides is 1. The molecule has 1 aliphatic rings. The number of alkyl halides is 3. The predicted octanol–water partition coefficient (Wildman–Crippen LogP) is 2.99. The van der Waals surface area contributed by atoms with Gasteiger partial charge in [0.15, 0.2) is 5.69 Å². The van der Waals surface area contributed by atoms with E-state index in [0.717, 1.165) is 6.07 Å². The largest absolute Gasteiger partial charge is 0.418 e. The molecule has 1 aliphatic heterocycles. The quantitative estimate of drug-likeness (QED) is 0.563. The third-order valence-electron chi connectivity index (χ3n) is 4.83. The number of carbonyl (C=O) groups excluding carboxylic acids is 1. The molecule has 156 valence electrons. The van der Waals surface area contributed by atoms with Crippen LogP contribution in [0.3, 0.4) is 0 Å². The monoisotopic (exact) mass is 432 g/mol. The van der Waals surface area contributed by atoms with Crippen molar-refractivity contribution in [1.82, 2.24) is 9.55 Å². The van der Waals surface area contributed by atoms with Crippen LogP contribution < -0.4 is 16.4 Å². The molecule has 2 aromatic rings. The van der Waals surface area contributed by atoms with Crippen molar-refractivity contribution < 1.29 is 22.9 Å². The Morgan fingerprint density at radius 3 is 2.41 bits per heavy atom. The van der Waals surface area contributed by atoms with Crippen LogP contribution in [-0.4, -0.2) is 33.5 Å². The molecule has 2 heterocycles. The van der Waals surface area contributed by atoms with Crippen LogP contribution in [0.5, 0.6) is 0 Å². The molecule has 4 N–H and O–H groups in total. The molecule has 0 spiro atoms. The molecular weight excluding hydrogens is 417 g/mol. The van der Waals surface area contributed by atoms with Crippen molar-refractivity contribution in [2.45, 2.75) is 25.1 Å². The lowest BCUT2D eigenvalue weighted by molar-refractivity contribution is -0.384. The standard InChI is InChI=1S/C16H16ClF3N6O3/c17-10-6-11(12(26(28)29)5-9(10)16(18,19)20)24-3-1-8(2-4-24)25-7-23-13(14(25)21)15(22)27/h5-8H,1-4,21H2,(H2,22,27). The molecule has 13 heteroatoms. The zero-order chi connectivity index (χ0) is 21.5. The van der Waals surface area contributed by atoms with E-state index < -0.39 is 33.3 Å². The summed E-state index contributed by atoms with van der Waals surface area (Å²) in [5.74, 6) is -0.631. The molecule has 1 fully saturated rings. The number of nitrogen functional groups attached to an aromatic ring is 1. The Labute approximate surface area is 167 Å². The van der Waals surface area contributed by atoms with Gasteiger partial charge in [0.1, 0.15) is 11.5 Å². The SMILES string of the molecule is NC(=O)c1ncn(C2CCN(c3cc(Cl)c(C(F)(F)F)cc3[N+](=O)[O-])CC2)c1N. The Bertz CT molecular complexity index is 970. The van der Waals surface area contributed by atoms with Gasteiger partial charge in [-0.15, -0.1) is 0 Å². The number of hydrogen-bond donors (Lipinski definition) is 2. The number of imidazole rings is 1. The van der Waals surface area contributed by atoms with Gasteiger partial charge in [-0.1, -0.05) is 11.6 Å². The molecule has 9 nitrogen and oxygen atoms in total. The zero-order valence-electron chi connectivity index (χ0n) is 14.8. The second kappa shape index (κ2) is 7.43. The second-order valence-electron chi connectivity index (χ2n) is 6.54. The van der Waals surface area contributed by atoms with E-state index in [4.69, 9.17) is 23.1 Å². The Morgan fingerprint density at radius 1 is 1.31 bits per heavy atom. The lowest BCUT2D eigenvalue weighted by atomic mass is 10.0. The summed E-state index contributed by atoms with van der Waals surface area (Å²) >= 11 is 5.75. The third kappa shape index (κ3) is 3.92. The van der Waals surface area contributed by atoms with Crippen LogP contribution >= 0.6 is 11.6 Å². The van der Waals surface area contributed by atoms with Gasteiger partial charge in [-0.25, -0.2) is 4.98 Å². The first-order valence-corrected chi connectivity index (χ1v) is 8.80. The number of piperidine rings is 1. The van der Waals surface area contributed by atoms with Gasteiger partial charge in [0.25, 0.3) is 11.6 Å². The minimum absolute atomic E-state index is 0.0166. The Kier molecular flexibility index (Phi) is 5.30. The molecule has 1 aromatic carbocycles. The summed E-state index contributed by atoms with van der Waals surface area (Å²) in [6.45, 7) is 0.605. The Morgan fingerprint density at radius 2 is 1.93 bits per heavy atom. The Hall–Kier alpha value is -3.02. The van der Waals surface area contributed by atoms with Crippen molar-refractivity contribution in [3.8, 4) is 0 Å². The van der Waals surface area contributed by atoms with Gasteiger partial charge in [0, 0.05) is 25.2 Å². The summed E-state index contributed by atoms with van der Waals surface area (Å²) < 4.78 is 40.7. The summed E-state index contributed by atoms with van der Waals surface area (Å²) in [4.78, 5) is 27.3. The van der Waals surface area contributed by atoms with Gasteiger partial charge in [0.2, 0.25) is 0 Å². The smallest absolute Gasteiger partial charge is 0.383 e. The molecular formula is C16H16ClF3N6O3. The van der Waals surface area contributed by atoms with Crippen LogP contribution in [0.4, 0.5) is 30.4 Å². The summed E-state index contributed by atoms with van der Waals surface area (Å²) in [7, 11) is 0. The van der Waals surface area contributed by atoms with Crippen LogP contribution in [0.2, 0.25) is 5.02 Å². The van der Waals surface area contributed by atoms with E-state index in [0.29, 0.717) is 32.0 Å². The van der Waals surface area contributed by atoms with Crippen molar-refractivity contribution >= 4 is 34.7 Å². The molecule has 0 aliphatic carbocycles. The van der Waals surface area contributed by atoms with E-state index in [-0.39, 0.29) is 23.2 Å². The Balaban J connectivity index is 1.85. The molecule has 0 radical (unpaired) electrons. The first kappa shape index (κ1) is 20.7. The number of nitro benzene ring substituents is 1. The maximum atomic E-state index is 13.0. The number of nitrogens with two attached hydrogens (primary N) is 2. The van der Waals surface area contributed by atoms with Gasteiger partial charge in [-0.05, 0) is 18.9 Å². The molecule has 1 aromatic heterocycles. The van der Waals surface area contributed by atoms with Gasteiger partial charge in [-0.2, -0.15) is 13.2 Å². The molecule has 0 saturated carbocycles. The number of aromatic nitrogens is 2. The molecule has 1 saturated heterocycles. The van der Waals surface area contributed by atoms with Gasteiger partial charge >= 0.3 is 6.18 Å². The van der Waals surface area contributed by atoms with Crippen molar-refractivity contribution in [1.29, 1.82) is 0 Å². The number of rotatable bonds is 4. The van der Waals surface area contributed by atoms with E-state index in [1.165, 1.54) is 6.33 Å². The number of primary amides is 1. The fourth-order valence-corrected chi connectivity index (χ4v) is 3.67. The van der Waals surface area contributed by atoms with E-state index in [1.54, 1.807) is 9.47 Å². The van der Waals surface area contributed by atoms with Gasteiger partial charge in [0.05, 0.1) is 21.8 Å². The van der Waals surface area contributed by atoms with Crippen LogP contribution in [0, 0.1) is 10.1 Å². The maximum absolute atomic E-state index is 13.0. The fourth-order valence-electron chi connectivity index (χ4n) is 3.40. The van der Waals surface area contributed by atoms with E-state index in [9.17, 15) is 28.1 Å². The lowest BCUT2D eigenvalue weighted by Gasteiger charge is -2.34. The van der Waals surface area contributed by atoms with Crippen LogP contribution in [0.25, 0.3) is 0 Å². The lowest BCUT2D eigenvalue weighted by Crippen LogP contribution is -2.35. The second-order valence-corrected chi connectivity index (χ2v) is 6.95. The molecule has 3 rings (SSSR count). The molecule has 29 heavy (non-hydrogen) atoms. The highest BCUT2D eigenvalue weighted by Crippen LogP contribution is 2.42. The van der Waals surface area contributed by atoms with Crippen molar-refractivity contribution in [3.63, 3.8) is 0 Å². The van der Waals surface area contributed by atoms with Crippen molar-refractivity contribution in [3.05, 3.63) is 44.9 Å². The highest BCUT2D eigenvalue weighted by atomic mass is 35.5. The number of anilines is 2. The molecule has 1 amide bonds. The topological polar surface area (TPSA) is 133 Å². The summed E-state index contributed by atoms with van der Waals surface area (Å²) in [6, 6.07) is 1.28. The van der Waals surface area contributed by atoms with E-state index >= 15 is 0 Å². The average Bonchev–Trinajstić information content (AvgIpc) is 3.02. The highest BCUT2D eigenvalue weighted by molar-refractivity contribution is 6.31. The number of nitro groups is 1. The summed E-state index contributed by atoms with van der Waals surface area (Å²) in [5, 5.41) is 10.7. The number of hydrogen-bond acceptors (Lipinski definition) is 6. The zero-order valence-corrected chi connectivity index (χ0v) is 15.6. The third-order valence-corrected chi connectivity index (χ3v) is 5.14. The normalized spacial score (nSPS) is 15.5. The number of carbonyl (C=O) groups is 1. The van der Waals surface area contributed by atoms with Gasteiger partial charge < -0.3 is 20.9 Å². The van der Waals surface area contributed by atoms with Crippen molar-refractivity contribution in [2.75, 3.05) is 23.7 Å². The fraction of sp³-hybridized carbons (Fsp3) is 0.375. The minimum Gasteiger partial charge on any atom is -0.383 e. The first-order valence-electron chi connectivity index (χ1n) is 8.43. The molecule has 0 atom stereocenters. The summed E-state index contributed by atoms with van der Waals surface area (Å²) in [5.41, 5.74) is 9.14. The molecule has 0 bridgehead atoms. The highest BCUT2D eigenvalue weighted by Gasteiger charge is 2.37.